The topological polar surface area (TPSA) is 59.8 Å². The normalized spacial score (nSPS) is 10.7. The molecule has 0 saturated carbocycles. The summed E-state index contributed by atoms with van der Waals surface area (Å²) in [5, 5.41) is 7.08. The number of pyridine rings is 1. The molecule has 0 saturated heterocycles. The second-order valence-corrected chi connectivity index (χ2v) is 4.68. The van der Waals surface area contributed by atoms with Gasteiger partial charge in [-0.3, -0.25) is 14.5 Å². The van der Waals surface area contributed by atoms with E-state index in [9.17, 15) is 4.79 Å². The molecule has 2 aromatic rings. The summed E-state index contributed by atoms with van der Waals surface area (Å²) in [4.78, 5) is 15.8. The maximum atomic E-state index is 11.5. The molecule has 0 unspecified atom stereocenters. The summed E-state index contributed by atoms with van der Waals surface area (Å²) < 4.78 is 1.81. The molecule has 1 amide bonds. The fourth-order valence-corrected chi connectivity index (χ4v) is 1.60. The van der Waals surface area contributed by atoms with Gasteiger partial charge in [-0.05, 0) is 12.1 Å². The lowest BCUT2D eigenvalue weighted by atomic mass is 10.2. The van der Waals surface area contributed by atoms with Crippen molar-refractivity contribution in [1.82, 2.24) is 14.8 Å². The van der Waals surface area contributed by atoms with Gasteiger partial charge in [-0.1, -0.05) is 19.9 Å². The Morgan fingerprint density at radius 2 is 2.21 bits per heavy atom. The number of nitrogens with zero attached hydrogens (tertiary/aromatic N) is 3. The van der Waals surface area contributed by atoms with Crippen molar-refractivity contribution in [3.8, 4) is 0 Å². The van der Waals surface area contributed by atoms with Crippen molar-refractivity contribution in [2.45, 2.75) is 26.8 Å². The van der Waals surface area contributed by atoms with Crippen LogP contribution in [0, 0.1) is 5.92 Å². The van der Waals surface area contributed by atoms with Crippen molar-refractivity contribution >= 4 is 11.7 Å². The minimum Gasteiger partial charge on any atom is -0.309 e. The number of aromatic nitrogens is 3. The number of amides is 1. The van der Waals surface area contributed by atoms with Crippen molar-refractivity contribution in [3.63, 3.8) is 0 Å². The van der Waals surface area contributed by atoms with Crippen LogP contribution in [0.1, 0.15) is 19.5 Å². The van der Waals surface area contributed by atoms with Crippen LogP contribution >= 0.6 is 0 Å². The summed E-state index contributed by atoms with van der Waals surface area (Å²) in [6, 6.07) is 7.67. The van der Waals surface area contributed by atoms with Crippen molar-refractivity contribution in [2.24, 2.45) is 5.92 Å². The Labute approximate surface area is 112 Å². The van der Waals surface area contributed by atoms with Gasteiger partial charge < -0.3 is 5.32 Å². The molecular formula is C14H18N4O. The van der Waals surface area contributed by atoms with Gasteiger partial charge in [0, 0.05) is 43.0 Å². The van der Waals surface area contributed by atoms with Crippen LogP contribution in [0.3, 0.4) is 0 Å². The molecule has 2 rings (SSSR count). The lowest BCUT2D eigenvalue weighted by Gasteiger charge is -2.04. The van der Waals surface area contributed by atoms with Crippen LogP contribution in [0.4, 0.5) is 5.82 Å². The first-order valence-electron chi connectivity index (χ1n) is 6.39. The summed E-state index contributed by atoms with van der Waals surface area (Å²) >= 11 is 0. The van der Waals surface area contributed by atoms with E-state index in [0.717, 1.165) is 18.7 Å². The number of hydrogen-bond acceptors (Lipinski definition) is 3. The number of nitrogens with one attached hydrogen (secondary N) is 1. The Kier molecular flexibility index (Phi) is 4.28. The Morgan fingerprint density at radius 1 is 1.37 bits per heavy atom. The van der Waals surface area contributed by atoms with E-state index in [4.69, 9.17) is 0 Å². The number of anilines is 1. The molecule has 0 bridgehead atoms. The van der Waals surface area contributed by atoms with Gasteiger partial charge in [0.25, 0.3) is 0 Å². The molecule has 0 fully saturated rings. The third kappa shape index (κ3) is 3.91. The zero-order valence-electron chi connectivity index (χ0n) is 11.2. The van der Waals surface area contributed by atoms with Crippen LogP contribution in [0.2, 0.25) is 0 Å². The number of aryl methyl sites for hydroxylation is 2. The second-order valence-electron chi connectivity index (χ2n) is 4.68. The lowest BCUT2D eigenvalue weighted by molar-refractivity contribution is -0.118. The standard InChI is InChI=1S/C14H18N4O/c1-11(2)14(19)16-13-7-10-18(17-13)9-6-12-5-3-4-8-15-12/h3-5,7-8,10-11H,6,9H2,1-2H3,(H,16,17,19). The minimum absolute atomic E-state index is 0.0185. The Hall–Kier alpha value is -2.17. The molecule has 19 heavy (non-hydrogen) atoms. The van der Waals surface area contributed by atoms with Gasteiger partial charge >= 0.3 is 0 Å². The minimum atomic E-state index is -0.0429. The van der Waals surface area contributed by atoms with Crippen LogP contribution in [0.15, 0.2) is 36.7 Å². The highest BCUT2D eigenvalue weighted by atomic mass is 16.1. The van der Waals surface area contributed by atoms with E-state index >= 15 is 0 Å². The van der Waals surface area contributed by atoms with Crippen molar-refractivity contribution in [3.05, 3.63) is 42.4 Å². The van der Waals surface area contributed by atoms with Gasteiger partial charge in [0.1, 0.15) is 0 Å². The monoisotopic (exact) mass is 258 g/mol. The largest absolute Gasteiger partial charge is 0.309 e. The summed E-state index contributed by atoms with van der Waals surface area (Å²) in [5.41, 5.74) is 1.03. The Balaban J connectivity index is 1.89. The molecular weight excluding hydrogens is 240 g/mol. The smallest absolute Gasteiger partial charge is 0.228 e. The highest BCUT2D eigenvalue weighted by Gasteiger charge is 2.08. The van der Waals surface area contributed by atoms with E-state index in [-0.39, 0.29) is 11.8 Å². The third-order valence-corrected chi connectivity index (χ3v) is 2.74. The molecule has 0 aliphatic carbocycles. The zero-order valence-corrected chi connectivity index (χ0v) is 11.2. The molecule has 0 radical (unpaired) electrons. The van der Waals surface area contributed by atoms with Crippen molar-refractivity contribution < 1.29 is 4.79 Å². The molecule has 0 aliphatic rings. The van der Waals surface area contributed by atoms with Crippen LogP contribution in [-0.2, 0) is 17.8 Å². The summed E-state index contributed by atoms with van der Waals surface area (Å²) in [6.45, 7) is 4.45. The van der Waals surface area contributed by atoms with Gasteiger partial charge in [0.15, 0.2) is 5.82 Å². The van der Waals surface area contributed by atoms with Gasteiger partial charge in [-0.25, -0.2) is 0 Å². The summed E-state index contributed by atoms with van der Waals surface area (Å²) in [5.74, 6) is 0.536. The van der Waals surface area contributed by atoms with Crippen molar-refractivity contribution in [2.75, 3.05) is 5.32 Å². The molecule has 0 spiro atoms. The predicted octanol–water partition coefficient (Wildman–Crippen LogP) is 2.12. The first-order valence-corrected chi connectivity index (χ1v) is 6.39. The van der Waals surface area contributed by atoms with E-state index in [1.165, 1.54) is 0 Å². The zero-order chi connectivity index (χ0) is 13.7. The molecule has 5 heteroatoms. The van der Waals surface area contributed by atoms with Crippen LogP contribution in [0.25, 0.3) is 0 Å². The van der Waals surface area contributed by atoms with Gasteiger partial charge in [-0.2, -0.15) is 5.10 Å². The van der Waals surface area contributed by atoms with Crippen LogP contribution < -0.4 is 5.32 Å². The van der Waals surface area contributed by atoms with Crippen molar-refractivity contribution in [1.29, 1.82) is 0 Å². The Bertz CT molecular complexity index is 533. The van der Waals surface area contributed by atoms with E-state index in [1.807, 2.05) is 42.9 Å². The third-order valence-electron chi connectivity index (χ3n) is 2.74. The van der Waals surface area contributed by atoms with E-state index in [2.05, 4.69) is 15.4 Å². The number of hydrogen-bond donors (Lipinski definition) is 1. The van der Waals surface area contributed by atoms with Crippen LogP contribution in [0.5, 0.6) is 0 Å². The SMILES string of the molecule is CC(C)C(=O)Nc1ccn(CCc2ccccn2)n1. The van der Waals surface area contributed by atoms with Gasteiger partial charge in [0.05, 0.1) is 0 Å². The van der Waals surface area contributed by atoms with Gasteiger partial charge in [0.2, 0.25) is 5.91 Å². The highest BCUT2D eigenvalue weighted by Crippen LogP contribution is 2.06. The number of carbonyl (C=O) groups excluding carboxylic acids is 1. The average molecular weight is 258 g/mol. The molecule has 2 aromatic heterocycles. The molecule has 1 N–H and O–H groups in total. The second kappa shape index (κ2) is 6.13. The molecule has 0 atom stereocenters. The molecule has 0 aromatic carbocycles. The maximum Gasteiger partial charge on any atom is 0.228 e. The van der Waals surface area contributed by atoms with Gasteiger partial charge in [-0.15, -0.1) is 0 Å². The fourth-order valence-electron chi connectivity index (χ4n) is 1.60. The van der Waals surface area contributed by atoms with E-state index in [0.29, 0.717) is 5.82 Å². The highest BCUT2D eigenvalue weighted by molar-refractivity contribution is 5.91. The fraction of sp³-hybridized carbons (Fsp3) is 0.357. The van der Waals surface area contributed by atoms with E-state index < -0.39 is 0 Å². The lowest BCUT2D eigenvalue weighted by Crippen LogP contribution is -2.18. The van der Waals surface area contributed by atoms with E-state index in [1.54, 1.807) is 12.3 Å². The number of rotatable bonds is 5. The Morgan fingerprint density at radius 3 is 2.89 bits per heavy atom. The first kappa shape index (κ1) is 13.3. The average Bonchev–Trinajstić information content (AvgIpc) is 2.85. The first-order chi connectivity index (χ1) is 9.15. The summed E-state index contributed by atoms with van der Waals surface area (Å²) in [7, 11) is 0. The quantitative estimate of drug-likeness (QED) is 0.893. The molecule has 5 nitrogen and oxygen atoms in total. The summed E-state index contributed by atoms with van der Waals surface area (Å²) in [6.07, 6.45) is 4.46. The molecule has 2 heterocycles. The van der Waals surface area contributed by atoms with Crippen LogP contribution in [-0.4, -0.2) is 20.7 Å². The maximum absolute atomic E-state index is 11.5. The molecule has 0 aliphatic heterocycles. The predicted molar refractivity (Wildman–Crippen MR) is 73.6 cm³/mol. The number of carbonyl (C=O) groups is 1. The molecule has 100 valence electrons.